The van der Waals surface area contributed by atoms with E-state index in [1.54, 1.807) is 4.90 Å². The molecule has 0 aliphatic heterocycles. The lowest BCUT2D eigenvalue weighted by Crippen LogP contribution is -2.31. The fourth-order valence-corrected chi connectivity index (χ4v) is 1.86. The highest BCUT2D eigenvalue weighted by Crippen LogP contribution is 2.19. The van der Waals surface area contributed by atoms with Gasteiger partial charge in [-0.1, -0.05) is 39.8 Å². The Balaban J connectivity index is 2.56. The maximum atomic E-state index is 12.0. The maximum absolute atomic E-state index is 12.0. The molecule has 19 heavy (non-hydrogen) atoms. The molecular formula is C16H26N2O. The third-order valence-corrected chi connectivity index (χ3v) is 3.21. The molecule has 1 aromatic carbocycles. The molecule has 106 valence electrons. The first-order valence-electron chi connectivity index (χ1n) is 7.01. The van der Waals surface area contributed by atoms with E-state index < -0.39 is 0 Å². The summed E-state index contributed by atoms with van der Waals surface area (Å²) in [6.45, 7) is 9.23. The predicted molar refractivity (Wildman–Crippen MR) is 81.7 cm³/mol. The molecule has 0 fully saturated rings. The third-order valence-electron chi connectivity index (χ3n) is 3.21. The van der Waals surface area contributed by atoms with E-state index in [1.807, 2.05) is 19.2 Å². The number of carbonyl (C=O) groups excluding carboxylic acids is 1. The molecule has 0 aliphatic carbocycles. The van der Waals surface area contributed by atoms with Crippen LogP contribution in [-0.2, 0) is 4.79 Å². The van der Waals surface area contributed by atoms with Crippen molar-refractivity contribution in [3.05, 3.63) is 29.8 Å². The first-order chi connectivity index (χ1) is 8.91. The van der Waals surface area contributed by atoms with Crippen LogP contribution in [0.4, 0.5) is 5.69 Å². The van der Waals surface area contributed by atoms with Crippen LogP contribution >= 0.6 is 0 Å². The summed E-state index contributed by atoms with van der Waals surface area (Å²) in [5.41, 5.74) is 2.25. The smallest absolute Gasteiger partial charge is 0.227 e. The zero-order valence-corrected chi connectivity index (χ0v) is 12.7. The van der Waals surface area contributed by atoms with Gasteiger partial charge in [-0.2, -0.15) is 0 Å². The molecule has 0 heterocycles. The summed E-state index contributed by atoms with van der Waals surface area (Å²) in [5, 5.41) is 3.26. The van der Waals surface area contributed by atoms with Gasteiger partial charge in [0.1, 0.15) is 0 Å². The normalized spacial score (nSPS) is 11.1. The highest BCUT2D eigenvalue weighted by Gasteiger charge is 2.11. The van der Waals surface area contributed by atoms with Crippen molar-refractivity contribution in [1.82, 2.24) is 5.32 Å². The standard InChI is InChI=1S/C16H26N2O/c1-12(2)14-6-8-15(9-7-14)18(5)16(19)10-11-17-13(3)4/h6-9,12-13,17H,10-11H2,1-5H3. The SMILES string of the molecule is CC(C)NCCC(=O)N(C)c1ccc(C(C)C)cc1. The number of rotatable bonds is 6. The minimum Gasteiger partial charge on any atom is -0.315 e. The number of amides is 1. The number of nitrogens with zero attached hydrogens (tertiary/aromatic N) is 1. The van der Waals surface area contributed by atoms with Gasteiger partial charge in [-0.05, 0) is 23.6 Å². The molecular weight excluding hydrogens is 236 g/mol. The zero-order chi connectivity index (χ0) is 14.4. The van der Waals surface area contributed by atoms with Crippen LogP contribution in [0.5, 0.6) is 0 Å². The maximum Gasteiger partial charge on any atom is 0.227 e. The lowest BCUT2D eigenvalue weighted by molar-refractivity contribution is -0.118. The van der Waals surface area contributed by atoms with Crippen LogP contribution in [0.3, 0.4) is 0 Å². The van der Waals surface area contributed by atoms with Crippen LogP contribution < -0.4 is 10.2 Å². The Labute approximate surface area is 117 Å². The zero-order valence-electron chi connectivity index (χ0n) is 12.7. The molecule has 1 aromatic rings. The lowest BCUT2D eigenvalue weighted by atomic mass is 10.0. The van der Waals surface area contributed by atoms with Crippen molar-refractivity contribution in [2.75, 3.05) is 18.5 Å². The van der Waals surface area contributed by atoms with E-state index >= 15 is 0 Å². The van der Waals surface area contributed by atoms with E-state index in [-0.39, 0.29) is 5.91 Å². The molecule has 0 unspecified atom stereocenters. The van der Waals surface area contributed by atoms with Crippen LogP contribution in [0.15, 0.2) is 24.3 Å². The van der Waals surface area contributed by atoms with Gasteiger partial charge in [0.15, 0.2) is 0 Å². The average Bonchev–Trinajstić information content (AvgIpc) is 2.37. The van der Waals surface area contributed by atoms with Gasteiger partial charge in [0, 0.05) is 31.7 Å². The summed E-state index contributed by atoms with van der Waals surface area (Å²) in [4.78, 5) is 13.8. The van der Waals surface area contributed by atoms with Gasteiger partial charge < -0.3 is 10.2 Å². The number of carbonyl (C=O) groups is 1. The molecule has 0 radical (unpaired) electrons. The Morgan fingerprint density at radius 2 is 1.74 bits per heavy atom. The Bertz CT molecular complexity index is 396. The van der Waals surface area contributed by atoms with Gasteiger partial charge in [0.05, 0.1) is 0 Å². The quantitative estimate of drug-likeness (QED) is 0.854. The van der Waals surface area contributed by atoms with Gasteiger partial charge in [-0.25, -0.2) is 0 Å². The van der Waals surface area contributed by atoms with Crippen LogP contribution in [0, 0.1) is 0 Å². The number of hydrogen-bond donors (Lipinski definition) is 1. The van der Waals surface area contributed by atoms with E-state index in [9.17, 15) is 4.79 Å². The molecule has 0 atom stereocenters. The predicted octanol–water partition coefficient (Wildman–Crippen LogP) is 3.16. The van der Waals surface area contributed by atoms with Gasteiger partial charge >= 0.3 is 0 Å². The van der Waals surface area contributed by atoms with Crippen molar-refractivity contribution >= 4 is 11.6 Å². The molecule has 0 spiro atoms. The third kappa shape index (κ3) is 5.03. The summed E-state index contributed by atoms with van der Waals surface area (Å²) >= 11 is 0. The van der Waals surface area contributed by atoms with Gasteiger partial charge in [0.25, 0.3) is 0 Å². The molecule has 1 N–H and O–H groups in total. The second-order valence-corrected chi connectivity index (χ2v) is 5.56. The fraction of sp³-hybridized carbons (Fsp3) is 0.562. The Hall–Kier alpha value is -1.35. The van der Waals surface area contributed by atoms with Crippen LogP contribution in [0.2, 0.25) is 0 Å². The first kappa shape index (κ1) is 15.7. The molecule has 3 nitrogen and oxygen atoms in total. The Kier molecular flexibility index (Phi) is 6.03. The summed E-state index contributed by atoms with van der Waals surface area (Å²) < 4.78 is 0. The minimum absolute atomic E-state index is 0.144. The van der Waals surface area contributed by atoms with Gasteiger partial charge in [0.2, 0.25) is 5.91 Å². The topological polar surface area (TPSA) is 32.3 Å². The number of benzene rings is 1. The lowest BCUT2D eigenvalue weighted by Gasteiger charge is -2.19. The van der Waals surface area contributed by atoms with E-state index in [2.05, 4.69) is 45.1 Å². The Morgan fingerprint density at radius 1 is 1.16 bits per heavy atom. The van der Waals surface area contributed by atoms with Crippen LogP contribution in [0.25, 0.3) is 0 Å². The van der Waals surface area contributed by atoms with Crippen molar-refractivity contribution in [3.8, 4) is 0 Å². The second-order valence-electron chi connectivity index (χ2n) is 5.56. The van der Waals surface area contributed by atoms with Crippen LogP contribution in [-0.4, -0.2) is 25.5 Å². The van der Waals surface area contributed by atoms with E-state index in [4.69, 9.17) is 0 Å². The van der Waals surface area contributed by atoms with Crippen molar-refractivity contribution < 1.29 is 4.79 Å². The molecule has 1 amide bonds. The van der Waals surface area contributed by atoms with E-state index in [0.717, 1.165) is 12.2 Å². The highest BCUT2D eigenvalue weighted by molar-refractivity contribution is 5.92. The molecule has 3 heteroatoms. The Morgan fingerprint density at radius 3 is 2.21 bits per heavy atom. The van der Waals surface area contributed by atoms with E-state index in [0.29, 0.717) is 18.4 Å². The molecule has 0 bridgehead atoms. The number of hydrogen-bond acceptors (Lipinski definition) is 2. The first-order valence-corrected chi connectivity index (χ1v) is 7.01. The molecule has 0 aliphatic rings. The minimum atomic E-state index is 0.144. The summed E-state index contributed by atoms with van der Waals surface area (Å²) in [5.74, 6) is 0.663. The average molecular weight is 262 g/mol. The summed E-state index contributed by atoms with van der Waals surface area (Å²) in [7, 11) is 1.84. The second kappa shape index (κ2) is 7.29. The molecule has 0 saturated carbocycles. The van der Waals surface area contributed by atoms with Crippen molar-refractivity contribution in [1.29, 1.82) is 0 Å². The summed E-state index contributed by atoms with van der Waals surface area (Å²) in [6, 6.07) is 8.64. The van der Waals surface area contributed by atoms with Gasteiger partial charge in [-0.15, -0.1) is 0 Å². The molecule has 1 rings (SSSR count). The highest BCUT2D eigenvalue weighted by atomic mass is 16.2. The van der Waals surface area contributed by atoms with Crippen molar-refractivity contribution in [3.63, 3.8) is 0 Å². The van der Waals surface area contributed by atoms with Crippen LogP contribution in [0.1, 0.15) is 45.6 Å². The largest absolute Gasteiger partial charge is 0.315 e. The molecule has 0 saturated heterocycles. The monoisotopic (exact) mass is 262 g/mol. The van der Waals surface area contributed by atoms with Gasteiger partial charge in [-0.3, -0.25) is 4.79 Å². The summed E-state index contributed by atoms with van der Waals surface area (Å²) in [6.07, 6.45) is 0.528. The van der Waals surface area contributed by atoms with Crippen molar-refractivity contribution in [2.24, 2.45) is 0 Å². The number of anilines is 1. The van der Waals surface area contributed by atoms with Crippen molar-refractivity contribution in [2.45, 2.75) is 46.1 Å². The van der Waals surface area contributed by atoms with E-state index in [1.165, 1.54) is 5.56 Å². The molecule has 0 aromatic heterocycles. The number of nitrogens with one attached hydrogen (secondary N) is 1. The fourth-order valence-electron chi connectivity index (χ4n) is 1.86.